The minimum atomic E-state index is -3.33. The average molecular weight is 284 g/mol. The maximum absolute atomic E-state index is 12.1. The molecule has 1 aliphatic rings. The smallest absolute Gasteiger partial charge is 0.216 e. The number of nitrogens with one attached hydrogen (secondary N) is 1. The molecule has 6 heteroatoms. The number of rotatable bonds is 5. The zero-order valence-corrected chi connectivity index (χ0v) is 11.7. The number of ether oxygens (including phenoxy) is 1. The largest absolute Gasteiger partial charge is 0.381 e. The summed E-state index contributed by atoms with van der Waals surface area (Å²) in [5.74, 6) is -0.0161. The minimum Gasteiger partial charge on any atom is -0.381 e. The third kappa shape index (κ3) is 4.28. The van der Waals surface area contributed by atoms with Crippen LogP contribution < -0.4 is 10.5 Å². The van der Waals surface area contributed by atoms with Crippen molar-refractivity contribution in [1.29, 1.82) is 0 Å². The molecule has 1 aromatic rings. The first-order valence-corrected chi connectivity index (χ1v) is 8.10. The van der Waals surface area contributed by atoms with E-state index >= 15 is 0 Å². The number of sulfonamides is 1. The van der Waals surface area contributed by atoms with Crippen LogP contribution >= 0.6 is 0 Å². The van der Waals surface area contributed by atoms with E-state index in [0.717, 1.165) is 24.0 Å². The molecule has 0 unspecified atom stereocenters. The van der Waals surface area contributed by atoms with Gasteiger partial charge in [-0.05, 0) is 24.0 Å². The molecule has 0 aliphatic carbocycles. The van der Waals surface area contributed by atoms with Crippen LogP contribution in [0.5, 0.6) is 0 Å². The van der Waals surface area contributed by atoms with Gasteiger partial charge >= 0.3 is 0 Å². The Hall–Kier alpha value is -0.950. The monoisotopic (exact) mass is 284 g/mol. The zero-order chi connectivity index (χ0) is 13.7. The molecular formula is C13H20N2O3S. The average Bonchev–Trinajstić information content (AvgIpc) is 2.39. The van der Waals surface area contributed by atoms with Gasteiger partial charge in [0.25, 0.3) is 0 Å². The van der Waals surface area contributed by atoms with Gasteiger partial charge in [-0.1, -0.05) is 24.3 Å². The molecule has 19 heavy (non-hydrogen) atoms. The highest BCUT2D eigenvalue weighted by Crippen LogP contribution is 2.14. The highest BCUT2D eigenvalue weighted by molar-refractivity contribution is 7.88. The summed E-state index contributed by atoms with van der Waals surface area (Å²) in [5, 5.41) is 0. The molecule has 0 radical (unpaired) electrons. The van der Waals surface area contributed by atoms with Crippen molar-refractivity contribution in [3.8, 4) is 0 Å². The fraction of sp³-hybridized carbons (Fsp3) is 0.538. The summed E-state index contributed by atoms with van der Waals surface area (Å²) in [6.07, 6.45) is 1.47. The van der Waals surface area contributed by atoms with Gasteiger partial charge in [-0.25, -0.2) is 13.1 Å². The summed E-state index contributed by atoms with van der Waals surface area (Å²) in [6.45, 7) is 1.59. The Morgan fingerprint density at radius 3 is 2.47 bits per heavy atom. The molecule has 0 atom stereocenters. The Bertz CT molecular complexity index is 510. The molecule has 0 spiro atoms. The molecule has 1 aliphatic heterocycles. The summed E-state index contributed by atoms with van der Waals surface area (Å²) in [6, 6.07) is 7.36. The number of nitrogens with two attached hydrogens (primary N) is 1. The van der Waals surface area contributed by atoms with Crippen molar-refractivity contribution in [3.63, 3.8) is 0 Å². The molecule has 1 aromatic carbocycles. The highest BCUT2D eigenvalue weighted by atomic mass is 32.2. The Labute approximate surface area is 114 Å². The van der Waals surface area contributed by atoms with E-state index in [2.05, 4.69) is 4.72 Å². The summed E-state index contributed by atoms with van der Waals surface area (Å²) < 4.78 is 32.3. The number of hydrogen-bond acceptors (Lipinski definition) is 4. The second-order valence-corrected chi connectivity index (χ2v) is 6.49. The van der Waals surface area contributed by atoms with Crippen molar-refractivity contribution in [2.75, 3.05) is 13.2 Å². The van der Waals surface area contributed by atoms with Gasteiger partial charge in [-0.2, -0.15) is 0 Å². The van der Waals surface area contributed by atoms with E-state index in [-0.39, 0.29) is 11.8 Å². The van der Waals surface area contributed by atoms with E-state index in [1.807, 2.05) is 24.3 Å². The van der Waals surface area contributed by atoms with Crippen molar-refractivity contribution in [3.05, 3.63) is 35.4 Å². The predicted octanol–water partition coefficient (Wildman–Crippen LogP) is 0.744. The molecule has 106 valence electrons. The first-order chi connectivity index (χ1) is 9.11. The molecule has 0 aromatic heterocycles. The second kappa shape index (κ2) is 6.47. The van der Waals surface area contributed by atoms with Crippen LogP contribution in [-0.2, 0) is 27.1 Å². The van der Waals surface area contributed by atoms with Crippen molar-refractivity contribution < 1.29 is 13.2 Å². The first-order valence-electron chi connectivity index (χ1n) is 6.45. The number of hydrogen-bond donors (Lipinski definition) is 2. The molecule has 3 N–H and O–H groups in total. The summed E-state index contributed by atoms with van der Waals surface area (Å²) in [4.78, 5) is 0. The lowest BCUT2D eigenvalue weighted by atomic mass is 10.1. The van der Waals surface area contributed by atoms with Gasteiger partial charge in [0, 0.05) is 25.8 Å². The van der Waals surface area contributed by atoms with Crippen LogP contribution in [0, 0.1) is 0 Å². The lowest BCUT2D eigenvalue weighted by molar-refractivity contribution is 0.0832. The fourth-order valence-electron chi connectivity index (χ4n) is 2.21. The Morgan fingerprint density at radius 2 is 1.84 bits per heavy atom. The van der Waals surface area contributed by atoms with Gasteiger partial charge < -0.3 is 10.5 Å². The van der Waals surface area contributed by atoms with Gasteiger partial charge in [0.1, 0.15) is 0 Å². The van der Waals surface area contributed by atoms with Gasteiger partial charge in [0.05, 0.1) is 5.75 Å². The second-order valence-electron chi connectivity index (χ2n) is 4.74. The Balaban J connectivity index is 2.03. The predicted molar refractivity (Wildman–Crippen MR) is 73.9 cm³/mol. The first kappa shape index (κ1) is 14.5. The van der Waals surface area contributed by atoms with Gasteiger partial charge in [0.15, 0.2) is 0 Å². The third-order valence-electron chi connectivity index (χ3n) is 3.25. The third-order valence-corrected chi connectivity index (χ3v) is 4.63. The van der Waals surface area contributed by atoms with E-state index < -0.39 is 10.0 Å². The van der Waals surface area contributed by atoms with Gasteiger partial charge in [0.2, 0.25) is 10.0 Å². The topological polar surface area (TPSA) is 81.4 Å². The maximum atomic E-state index is 12.1. The highest BCUT2D eigenvalue weighted by Gasteiger charge is 2.21. The van der Waals surface area contributed by atoms with Crippen LogP contribution in [0.2, 0.25) is 0 Å². The molecule has 1 saturated heterocycles. The Kier molecular flexibility index (Phi) is 4.93. The van der Waals surface area contributed by atoms with E-state index in [1.54, 1.807) is 0 Å². The SMILES string of the molecule is NCc1ccccc1CS(=O)(=O)NC1CCOCC1. The zero-order valence-electron chi connectivity index (χ0n) is 10.8. The van der Waals surface area contributed by atoms with Crippen molar-refractivity contribution in [1.82, 2.24) is 4.72 Å². The van der Waals surface area contributed by atoms with E-state index in [1.165, 1.54) is 0 Å². The number of benzene rings is 1. The Morgan fingerprint density at radius 1 is 1.21 bits per heavy atom. The standard InChI is InChI=1S/C13H20N2O3S/c14-9-11-3-1-2-4-12(11)10-19(16,17)15-13-5-7-18-8-6-13/h1-4,13,15H,5-10,14H2. The van der Waals surface area contributed by atoms with E-state index in [9.17, 15) is 8.42 Å². The van der Waals surface area contributed by atoms with Crippen LogP contribution in [0.3, 0.4) is 0 Å². The summed E-state index contributed by atoms with van der Waals surface area (Å²) in [5.41, 5.74) is 7.26. The van der Waals surface area contributed by atoms with Crippen molar-refractivity contribution in [2.24, 2.45) is 5.73 Å². The molecule has 1 heterocycles. The van der Waals surface area contributed by atoms with Crippen LogP contribution in [0.15, 0.2) is 24.3 Å². The molecule has 1 fully saturated rings. The maximum Gasteiger partial charge on any atom is 0.216 e. The van der Waals surface area contributed by atoms with Crippen LogP contribution in [-0.4, -0.2) is 27.7 Å². The normalized spacial score (nSPS) is 17.5. The molecule has 0 amide bonds. The van der Waals surface area contributed by atoms with Crippen molar-refractivity contribution >= 4 is 10.0 Å². The minimum absolute atomic E-state index is 0.0104. The lowest BCUT2D eigenvalue weighted by Crippen LogP contribution is -2.39. The van der Waals surface area contributed by atoms with E-state index in [0.29, 0.717) is 19.8 Å². The molecule has 0 bridgehead atoms. The van der Waals surface area contributed by atoms with Gasteiger partial charge in [-0.15, -0.1) is 0 Å². The molecule has 0 saturated carbocycles. The van der Waals surface area contributed by atoms with Crippen molar-refractivity contribution in [2.45, 2.75) is 31.2 Å². The molecule has 5 nitrogen and oxygen atoms in total. The van der Waals surface area contributed by atoms with Crippen LogP contribution in [0.25, 0.3) is 0 Å². The quantitative estimate of drug-likeness (QED) is 0.836. The summed E-state index contributed by atoms with van der Waals surface area (Å²) >= 11 is 0. The van der Waals surface area contributed by atoms with E-state index in [4.69, 9.17) is 10.5 Å². The lowest BCUT2D eigenvalue weighted by Gasteiger charge is -2.23. The summed E-state index contributed by atoms with van der Waals surface area (Å²) in [7, 11) is -3.33. The van der Waals surface area contributed by atoms with Gasteiger partial charge in [-0.3, -0.25) is 0 Å². The van der Waals surface area contributed by atoms with Crippen LogP contribution in [0.1, 0.15) is 24.0 Å². The van der Waals surface area contributed by atoms with Crippen LogP contribution in [0.4, 0.5) is 0 Å². The molecular weight excluding hydrogens is 264 g/mol. The molecule has 2 rings (SSSR count). The fourth-order valence-corrected chi connectivity index (χ4v) is 3.73.